The molecule has 0 aliphatic carbocycles. The first-order valence-electron chi connectivity index (χ1n) is 3.70. The summed E-state index contributed by atoms with van der Waals surface area (Å²) in [4.78, 5) is 10.8. The van der Waals surface area contributed by atoms with E-state index in [0.717, 1.165) is 6.92 Å². The van der Waals surface area contributed by atoms with Gasteiger partial charge in [0.2, 0.25) is 0 Å². The molecule has 0 aliphatic rings. The predicted molar refractivity (Wildman–Crippen MR) is 44.9 cm³/mol. The molecule has 0 spiro atoms. The van der Waals surface area contributed by atoms with Gasteiger partial charge in [0.1, 0.15) is 5.75 Å². The number of aliphatic hydroxyl groups is 2. The molecule has 1 aromatic carbocycles. The molecule has 0 heterocycles. The summed E-state index contributed by atoms with van der Waals surface area (Å²) in [5, 5.41) is 27.5. The average Bonchev–Trinajstić information content (AvgIpc) is 2.04. The van der Waals surface area contributed by atoms with E-state index in [1.165, 1.54) is 24.3 Å². The van der Waals surface area contributed by atoms with Gasteiger partial charge in [0.15, 0.2) is 5.78 Å². The molecule has 0 amide bonds. The summed E-state index contributed by atoms with van der Waals surface area (Å²) in [5.41, 5.74) is 0.0396. The Morgan fingerprint density at radius 1 is 1.23 bits per heavy atom. The number of aromatic hydroxyl groups is 1. The van der Waals surface area contributed by atoms with Crippen LogP contribution in [0.2, 0.25) is 0 Å². The molecule has 0 bridgehead atoms. The number of Topliss-reactive ketones (excluding diaryl/α,β-unsaturated/α-hetero) is 1. The summed E-state index contributed by atoms with van der Waals surface area (Å²) in [6, 6.07) is 5.10. The topological polar surface area (TPSA) is 77.8 Å². The van der Waals surface area contributed by atoms with Crippen LogP contribution in [-0.4, -0.2) is 21.1 Å². The summed E-state index contributed by atoms with van der Waals surface area (Å²) in [6.45, 7) is 1.08. The molecule has 0 radical (unpaired) electrons. The lowest BCUT2D eigenvalue weighted by Crippen LogP contribution is -2.33. The van der Waals surface area contributed by atoms with Crippen molar-refractivity contribution in [3.05, 3.63) is 29.8 Å². The van der Waals surface area contributed by atoms with E-state index in [-0.39, 0.29) is 11.3 Å². The molecule has 0 atom stereocenters. The smallest absolute Gasteiger partial charge is 0.251 e. The fraction of sp³-hybridized carbons (Fsp3) is 0.222. The molecule has 4 nitrogen and oxygen atoms in total. The van der Waals surface area contributed by atoms with Crippen LogP contribution in [0, 0.1) is 0 Å². The van der Waals surface area contributed by atoms with E-state index in [0.29, 0.717) is 0 Å². The van der Waals surface area contributed by atoms with E-state index in [4.69, 9.17) is 5.11 Å². The van der Waals surface area contributed by atoms with Gasteiger partial charge < -0.3 is 15.3 Å². The number of hydrogen-bond donors (Lipinski definition) is 3. The first-order valence-corrected chi connectivity index (χ1v) is 3.70. The van der Waals surface area contributed by atoms with Crippen molar-refractivity contribution >= 4 is 5.78 Å². The van der Waals surface area contributed by atoms with Crippen LogP contribution in [0.1, 0.15) is 12.5 Å². The molecule has 0 aliphatic heterocycles. The summed E-state index contributed by atoms with van der Waals surface area (Å²) in [7, 11) is 0. The Bertz CT molecular complexity index is 313. The lowest BCUT2D eigenvalue weighted by molar-refractivity contribution is -0.184. The van der Waals surface area contributed by atoms with Crippen LogP contribution in [0.25, 0.3) is 0 Å². The molecule has 0 fully saturated rings. The molecule has 1 rings (SSSR count). The van der Waals surface area contributed by atoms with Crippen molar-refractivity contribution in [1.29, 1.82) is 0 Å². The van der Waals surface area contributed by atoms with Crippen LogP contribution in [-0.2, 0) is 10.6 Å². The number of rotatable bonds is 2. The number of phenols is 1. The zero-order valence-corrected chi connectivity index (χ0v) is 7.06. The van der Waals surface area contributed by atoms with Gasteiger partial charge >= 0.3 is 0 Å². The third kappa shape index (κ3) is 1.85. The van der Waals surface area contributed by atoms with Gasteiger partial charge in [-0.3, -0.25) is 4.79 Å². The molecule has 70 valence electrons. The van der Waals surface area contributed by atoms with Crippen molar-refractivity contribution in [2.45, 2.75) is 12.7 Å². The molecule has 13 heavy (non-hydrogen) atoms. The maximum Gasteiger partial charge on any atom is 0.251 e. The van der Waals surface area contributed by atoms with Gasteiger partial charge in [0, 0.05) is 12.5 Å². The summed E-state index contributed by atoms with van der Waals surface area (Å²) in [6.07, 6.45) is 0. The largest absolute Gasteiger partial charge is 0.508 e. The van der Waals surface area contributed by atoms with Crippen molar-refractivity contribution in [3.8, 4) is 5.75 Å². The maximum absolute atomic E-state index is 10.8. The Kier molecular flexibility index (Phi) is 2.36. The molecular weight excluding hydrogens is 172 g/mol. The van der Waals surface area contributed by atoms with Crippen LogP contribution in [0.15, 0.2) is 24.3 Å². The van der Waals surface area contributed by atoms with E-state index in [1.54, 1.807) is 0 Å². The third-order valence-electron chi connectivity index (χ3n) is 1.76. The lowest BCUT2D eigenvalue weighted by Gasteiger charge is -2.18. The minimum Gasteiger partial charge on any atom is -0.508 e. The van der Waals surface area contributed by atoms with Crippen LogP contribution in [0.3, 0.4) is 0 Å². The SMILES string of the molecule is CC(=O)C(O)(O)c1ccc(O)cc1. The van der Waals surface area contributed by atoms with Gasteiger partial charge in [-0.05, 0) is 24.3 Å². The van der Waals surface area contributed by atoms with Gasteiger partial charge in [-0.25, -0.2) is 0 Å². The van der Waals surface area contributed by atoms with Gasteiger partial charge in [0.25, 0.3) is 5.79 Å². The summed E-state index contributed by atoms with van der Waals surface area (Å²) >= 11 is 0. The third-order valence-corrected chi connectivity index (χ3v) is 1.76. The highest BCUT2D eigenvalue weighted by Gasteiger charge is 2.31. The molecule has 0 unspecified atom stereocenters. The molecule has 1 aromatic rings. The van der Waals surface area contributed by atoms with E-state index in [9.17, 15) is 15.0 Å². The maximum atomic E-state index is 10.8. The van der Waals surface area contributed by atoms with Crippen molar-refractivity contribution in [3.63, 3.8) is 0 Å². The minimum absolute atomic E-state index is 0.00287. The van der Waals surface area contributed by atoms with Gasteiger partial charge in [-0.15, -0.1) is 0 Å². The van der Waals surface area contributed by atoms with Crippen LogP contribution < -0.4 is 0 Å². The Labute approximate surface area is 75.1 Å². The first kappa shape index (κ1) is 9.70. The van der Waals surface area contributed by atoms with Crippen molar-refractivity contribution in [2.75, 3.05) is 0 Å². The monoisotopic (exact) mass is 182 g/mol. The standard InChI is InChI=1S/C9H10O4/c1-6(10)9(12,13)7-2-4-8(11)5-3-7/h2-5,11-13H,1H3. The van der Waals surface area contributed by atoms with Gasteiger partial charge in [-0.2, -0.15) is 0 Å². The van der Waals surface area contributed by atoms with Crippen molar-refractivity contribution in [2.24, 2.45) is 0 Å². The second-order valence-electron chi connectivity index (χ2n) is 2.78. The molecule has 0 aromatic heterocycles. The Morgan fingerprint density at radius 3 is 2.08 bits per heavy atom. The Balaban J connectivity index is 3.08. The van der Waals surface area contributed by atoms with E-state index in [1.807, 2.05) is 0 Å². The minimum atomic E-state index is -2.46. The van der Waals surface area contributed by atoms with Gasteiger partial charge in [0.05, 0.1) is 0 Å². The van der Waals surface area contributed by atoms with Crippen LogP contribution in [0.5, 0.6) is 5.75 Å². The van der Waals surface area contributed by atoms with Crippen LogP contribution >= 0.6 is 0 Å². The van der Waals surface area contributed by atoms with Crippen molar-refractivity contribution in [1.82, 2.24) is 0 Å². The highest BCUT2D eigenvalue weighted by atomic mass is 16.5. The van der Waals surface area contributed by atoms with E-state index >= 15 is 0 Å². The highest BCUT2D eigenvalue weighted by molar-refractivity contribution is 5.84. The number of carbonyl (C=O) groups is 1. The van der Waals surface area contributed by atoms with Crippen LogP contribution in [0.4, 0.5) is 0 Å². The second-order valence-corrected chi connectivity index (χ2v) is 2.78. The molecule has 4 heteroatoms. The first-order chi connectivity index (χ1) is 5.94. The Hall–Kier alpha value is -1.39. The normalized spacial score (nSPS) is 11.3. The van der Waals surface area contributed by atoms with Gasteiger partial charge in [-0.1, -0.05) is 0 Å². The van der Waals surface area contributed by atoms with Crippen molar-refractivity contribution < 1.29 is 20.1 Å². The number of hydrogen-bond acceptors (Lipinski definition) is 4. The average molecular weight is 182 g/mol. The second kappa shape index (κ2) is 3.16. The van der Waals surface area contributed by atoms with E-state index in [2.05, 4.69) is 0 Å². The number of benzene rings is 1. The number of ketones is 1. The number of phenolic OH excluding ortho intramolecular Hbond substituents is 1. The molecule has 3 N–H and O–H groups in total. The quantitative estimate of drug-likeness (QED) is 0.567. The molecule has 0 saturated carbocycles. The number of carbonyl (C=O) groups excluding carboxylic acids is 1. The fourth-order valence-corrected chi connectivity index (χ4v) is 0.897. The fourth-order valence-electron chi connectivity index (χ4n) is 0.897. The summed E-state index contributed by atoms with van der Waals surface area (Å²) in [5.74, 6) is -3.23. The zero-order valence-electron chi connectivity index (χ0n) is 7.06. The molecule has 0 saturated heterocycles. The predicted octanol–water partition coefficient (Wildman–Crippen LogP) is 0.119. The molecular formula is C9H10O4. The van der Waals surface area contributed by atoms with E-state index < -0.39 is 11.6 Å². The Morgan fingerprint density at radius 2 is 1.69 bits per heavy atom. The summed E-state index contributed by atoms with van der Waals surface area (Å²) < 4.78 is 0. The zero-order chi connectivity index (χ0) is 10.1. The highest BCUT2D eigenvalue weighted by Crippen LogP contribution is 2.21. The lowest BCUT2D eigenvalue weighted by atomic mass is 10.0.